The van der Waals surface area contributed by atoms with Gasteiger partial charge in [0.1, 0.15) is 5.75 Å². The Morgan fingerprint density at radius 1 is 1.33 bits per heavy atom. The maximum atomic E-state index is 11.6. The van der Waals surface area contributed by atoms with Crippen molar-refractivity contribution in [1.82, 2.24) is 4.90 Å². The van der Waals surface area contributed by atoms with Crippen LogP contribution in [-0.4, -0.2) is 36.2 Å². The number of hydrogen-bond acceptors (Lipinski definition) is 5. The second-order valence-corrected chi connectivity index (χ2v) is 4.62. The Balaban J connectivity index is 0.00000106. The number of hydrogen-bond donors (Lipinski definition) is 2. The Hall–Kier alpha value is -2.01. The summed E-state index contributed by atoms with van der Waals surface area (Å²) in [5.41, 5.74) is 8.10. The Bertz CT molecular complexity index is 495. The highest BCUT2D eigenvalue weighted by molar-refractivity contribution is 5.89. The summed E-state index contributed by atoms with van der Waals surface area (Å²) in [5, 5.41) is 9.25. The van der Waals surface area contributed by atoms with Crippen LogP contribution in [0.3, 0.4) is 0 Å². The zero-order valence-corrected chi connectivity index (χ0v) is 12.9. The first-order chi connectivity index (χ1) is 10.1. The number of benzene rings is 1. The monoisotopic (exact) mass is 292 g/mol. The maximum absolute atomic E-state index is 11.6. The summed E-state index contributed by atoms with van der Waals surface area (Å²) >= 11 is 0. The van der Waals surface area contributed by atoms with Crippen LogP contribution in [-0.2, 0) is 16.1 Å². The highest BCUT2D eigenvalue weighted by atomic mass is 16.5. The number of phenolic OH excluding ortho intramolecular Hbond substituents is 1. The van der Waals surface area contributed by atoms with Crippen molar-refractivity contribution in [2.75, 3.05) is 20.2 Å². The largest absolute Gasteiger partial charge is 0.508 e. The average Bonchev–Trinajstić information content (AvgIpc) is 2.52. The molecule has 0 saturated heterocycles. The van der Waals surface area contributed by atoms with E-state index in [1.165, 1.54) is 7.11 Å². The predicted molar refractivity (Wildman–Crippen MR) is 82.6 cm³/mol. The van der Waals surface area contributed by atoms with E-state index < -0.39 is 0 Å². The highest BCUT2D eigenvalue weighted by Gasteiger charge is 2.22. The van der Waals surface area contributed by atoms with Crippen LogP contribution in [0.1, 0.15) is 25.8 Å². The minimum absolute atomic E-state index is 0.252. The molecule has 0 amide bonds. The predicted octanol–water partition coefficient (Wildman–Crippen LogP) is 2.01. The van der Waals surface area contributed by atoms with Crippen molar-refractivity contribution in [2.24, 2.45) is 5.73 Å². The maximum Gasteiger partial charge on any atom is 0.336 e. The van der Waals surface area contributed by atoms with Crippen LogP contribution in [0.4, 0.5) is 0 Å². The number of rotatable bonds is 3. The van der Waals surface area contributed by atoms with Crippen LogP contribution < -0.4 is 5.73 Å². The molecule has 1 heterocycles. The molecule has 5 nitrogen and oxygen atoms in total. The summed E-state index contributed by atoms with van der Waals surface area (Å²) in [6, 6.07) is 7.05. The van der Waals surface area contributed by atoms with E-state index in [1.807, 2.05) is 26.0 Å². The SMILES string of the molecule is CC.COC(=O)C1=C(N)CCN(Cc2ccc(O)cc2)C1. The van der Waals surface area contributed by atoms with Gasteiger partial charge in [-0.2, -0.15) is 0 Å². The van der Waals surface area contributed by atoms with E-state index in [0.29, 0.717) is 30.8 Å². The van der Waals surface area contributed by atoms with Crippen LogP contribution in [0.25, 0.3) is 0 Å². The minimum atomic E-state index is -0.354. The molecule has 116 valence electrons. The molecule has 0 aliphatic carbocycles. The molecule has 0 aromatic heterocycles. The third-order valence-corrected chi connectivity index (χ3v) is 3.24. The lowest BCUT2D eigenvalue weighted by Gasteiger charge is -2.28. The van der Waals surface area contributed by atoms with E-state index in [-0.39, 0.29) is 11.7 Å². The van der Waals surface area contributed by atoms with Gasteiger partial charge in [0.25, 0.3) is 0 Å². The van der Waals surface area contributed by atoms with E-state index in [4.69, 9.17) is 10.5 Å². The molecule has 0 bridgehead atoms. The molecule has 1 aromatic rings. The summed E-state index contributed by atoms with van der Waals surface area (Å²) in [7, 11) is 1.36. The fourth-order valence-corrected chi connectivity index (χ4v) is 2.15. The average molecular weight is 292 g/mol. The molecule has 3 N–H and O–H groups in total. The molecule has 0 spiro atoms. The van der Waals surface area contributed by atoms with Gasteiger partial charge >= 0.3 is 5.97 Å². The number of nitrogens with zero attached hydrogens (tertiary/aromatic N) is 1. The van der Waals surface area contributed by atoms with Gasteiger partial charge in [-0.05, 0) is 17.7 Å². The van der Waals surface area contributed by atoms with Gasteiger partial charge in [0.2, 0.25) is 0 Å². The number of nitrogens with two attached hydrogens (primary N) is 1. The number of aromatic hydroxyl groups is 1. The number of esters is 1. The molecule has 5 heteroatoms. The smallest absolute Gasteiger partial charge is 0.336 e. The van der Waals surface area contributed by atoms with Crippen LogP contribution in [0.15, 0.2) is 35.5 Å². The van der Waals surface area contributed by atoms with Crippen molar-refractivity contribution in [1.29, 1.82) is 0 Å². The van der Waals surface area contributed by atoms with Crippen molar-refractivity contribution in [3.8, 4) is 5.75 Å². The second kappa shape index (κ2) is 8.32. The van der Waals surface area contributed by atoms with Gasteiger partial charge in [-0.25, -0.2) is 4.79 Å². The molecule has 0 saturated carbocycles. The van der Waals surface area contributed by atoms with E-state index >= 15 is 0 Å². The fraction of sp³-hybridized carbons (Fsp3) is 0.438. The first-order valence-corrected chi connectivity index (χ1v) is 7.16. The molecular weight excluding hydrogens is 268 g/mol. The highest BCUT2D eigenvalue weighted by Crippen LogP contribution is 2.18. The molecule has 0 fully saturated rings. The van der Waals surface area contributed by atoms with Crippen molar-refractivity contribution in [2.45, 2.75) is 26.8 Å². The number of phenols is 1. The number of methoxy groups -OCH3 is 1. The van der Waals surface area contributed by atoms with E-state index in [1.54, 1.807) is 12.1 Å². The summed E-state index contributed by atoms with van der Waals surface area (Å²) in [5.74, 6) is -0.102. The Morgan fingerprint density at radius 3 is 2.52 bits per heavy atom. The zero-order valence-electron chi connectivity index (χ0n) is 12.9. The summed E-state index contributed by atoms with van der Waals surface area (Å²) in [6.45, 7) is 6.03. The van der Waals surface area contributed by atoms with Gasteiger partial charge < -0.3 is 15.6 Å². The van der Waals surface area contributed by atoms with Crippen molar-refractivity contribution in [3.05, 3.63) is 41.1 Å². The fourth-order valence-electron chi connectivity index (χ4n) is 2.15. The lowest BCUT2D eigenvalue weighted by atomic mass is 10.1. The normalized spacial score (nSPS) is 15.2. The van der Waals surface area contributed by atoms with Crippen LogP contribution in [0.2, 0.25) is 0 Å². The molecule has 1 aliphatic rings. The first kappa shape index (κ1) is 17.0. The summed E-state index contributed by atoms with van der Waals surface area (Å²) in [6.07, 6.45) is 0.669. The molecule has 21 heavy (non-hydrogen) atoms. The topological polar surface area (TPSA) is 75.8 Å². The molecule has 2 rings (SSSR count). The number of carbonyl (C=O) groups is 1. The molecular formula is C16H24N2O3. The first-order valence-electron chi connectivity index (χ1n) is 7.16. The van der Waals surface area contributed by atoms with Gasteiger partial charge in [0.15, 0.2) is 0 Å². The van der Waals surface area contributed by atoms with Gasteiger partial charge in [-0.3, -0.25) is 4.90 Å². The van der Waals surface area contributed by atoms with Gasteiger partial charge in [-0.15, -0.1) is 0 Å². The van der Waals surface area contributed by atoms with Crippen LogP contribution >= 0.6 is 0 Å². The zero-order chi connectivity index (χ0) is 15.8. The van der Waals surface area contributed by atoms with Gasteiger partial charge in [0.05, 0.1) is 12.7 Å². The van der Waals surface area contributed by atoms with E-state index in [2.05, 4.69) is 4.90 Å². The lowest BCUT2D eigenvalue weighted by Crippen LogP contribution is -2.35. The van der Waals surface area contributed by atoms with Crippen molar-refractivity contribution in [3.63, 3.8) is 0 Å². The third-order valence-electron chi connectivity index (χ3n) is 3.24. The quantitative estimate of drug-likeness (QED) is 0.834. The van der Waals surface area contributed by atoms with Crippen molar-refractivity contribution >= 4 is 5.97 Å². The molecule has 0 atom stereocenters. The molecule has 1 aromatic carbocycles. The number of ether oxygens (including phenoxy) is 1. The minimum Gasteiger partial charge on any atom is -0.508 e. The standard InChI is InChI=1S/C14H18N2O3.C2H6/c1-19-14(18)12-9-16(7-6-13(12)15)8-10-2-4-11(17)5-3-10;1-2/h2-5,17H,6-9,15H2,1H3;1-2H3. The number of carbonyl (C=O) groups excluding carboxylic acids is 1. The van der Waals surface area contributed by atoms with Gasteiger partial charge in [0, 0.05) is 31.8 Å². The molecule has 1 aliphatic heterocycles. The van der Waals surface area contributed by atoms with Crippen LogP contribution in [0, 0.1) is 0 Å². The summed E-state index contributed by atoms with van der Waals surface area (Å²) in [4.78, 5) is 13.7. The Labute approximate surface area is 126 Å². The Morgan fingerprint density at radius 2 is 1.95 bits per heavy atom. The summed E-state index contributed by atoms with van der Waals surface area (Å²) < 4.78 is 4.74. The molecule has 0 unspecified atom stereocenters. The second-order valence-electron chi connectivity index (χ2n) is 4.62. The van der Waals surface area contributed by atoms with Crippen LogP contribution in [0.5, 0.6) is 5.75 Å². The van der Waals surface area contributed by atoms with Crippen molar-refractivity contribution < 1.29 is 14.6 Å². The third kappa shape index (κ3) is 4.79. The van der Waals surface area contributed by atoms with E-state index in [9.17, 15) is 9.90 Å². The van der Waals surface area contributed by atoms with E-state index in [0.717, 1.165) is 12.1 Å². The molecule has 0 radical (unpaired) electrons. The Kier molecular flexibility index (Phi) is 6.75. The lowest BCUT2D eigenvalue weighted by molar-refractivity contribution is -0.136. The van der Waals surface area contributed by atoms with Gasteiger partial charge in [-0.1, -0.05) is 26.0 Å².